The number of Topliss-reactive ketones (excluding diaryl/α,β-unsaturated/α-hetero) is 1. The monoisotopic (exact) mass is 273 g/mol. The molecular formula is C13H23NO5. The molecule has 6 nitrogen and oxygen atoms in total. The van der Waals surface area contributed by atoms with E-state index in [0.29, 0.717) is 6.42 Å². The first-order valence-corrected chi connectivity index (χ1v) is 6.57. The fraction of sp³-hybridized carbons (Fsp3) is 0.769. The highest BCUT2D eigenvalue weighted by atomic mass is 16.4. The molecule has 110 valence electrons. The van der Waals surface area contributed by atoms with Gasteiger partial charge < -0.3 is 15.5 Å². The topological polar surface area (TPSA) is 104 Å². The first-order chi connectivity index (χ1) is 8.92. The zero-order valence-electron chi connectivity index (χ0n) is 11.5. The number of unbranched alkanes of at least 4 members (excludes halogenated alkanes) is 2. The zero-order chi connectivity index (χ0) is 14.8. The number of nitrogens with one attached hydrogen (secondary N) is 1. The molecule has 0 saturated heterocycles. The van der Waals surface area contributed by atoms with E-state index in [4.69, 9.17) is 10.2 Å². The molecule has 0 saturated carbocycles. The summed E-state index contributed by atoms with van der Waals surface area (Å²) in [6.45, 7) is 3.19. The van der Waals surface area contributed by atoms with E-state index in [9.17, 15) is 14.4 Å². The number of amides is 1. The van der Waals surface area contributed by atoms with Crippen LogP contribution in [0.1, 0.15) is 46.0 Å². The van der Waals surface area contributed by atoms with E-state index in [0.717, 1.165) is 19.3 Å². The largest absolute Gasteiger partial charge is 0.480 e. The van der Waals surface area contributed by atoms with Crippen molar-refractivity contribution in [3.63, 3.8) is 0 Å². The van der Waals surface area contributed by atoms with Gasteiger partial charge in [0.15, 0.2) is 0 Å². The summed E-state index contributed by atoms with van der Waals surface area (Å²) >= 11 is 0. The highest BCUT2D eigenvalue weighted by molar-refractivity contribution is 5.99. The summed E-state index contributed by atoms with van der Waals surface area (Å²) in [4.78, 5) is 33.9. The summed E-state index contributed by atoms with van der Waals surface area (Å²) in [5.74, 6) is -2.61. The molecule has 1 amide bonds. The van der Waals surface area contributed by atoms with E-state index in [1.165, 1.54) is 6.92 Å². The minimum absolute atomic E-state index is 0.188. The van der Waals surface area contributed by atoms with Crippen LogP contribution >= 0.6 is 0 Å². The average molecular weight is 273 g/mol. The first kappa shape index (κ1) is 17.6. The van der Waals surface area contributed by atoms with Crippen molar-refractivity contribution in [3.05, 3.63) is 0 Å². The van der Waals surface area contributed by atoms with Crippen molar-refractivity contribution in [3.8, 4) is 0 Å². The van der Waals surface area contributed by atoms with Gasteiger partial charge in [0.25, 0.3) is 0 Å². The van der Waals surface area contributed by atoms with Gasteiger partial charge in [0.2, 0.25) is 5.91 Å². The molecule has 0 radical (unpaired) electrons. The average Bonchev–Trinajstić information content (AvgIpc) is 2.35. The fourth-order valence-corrected chi connectivity index (χ4v) is 1.62. The normalized spacial score (nSPS) is 13.6. The molecule has 0 aromatic carbocycles. The Morgan fingerprint density at radius 1 is 1.21 bits per heavy atom. The van der Waals surface area contributed by atoms with Crippen molar-refractivity contribution in [2.24, 2.45) is 5.92 Å². The van der Waals surface area contributed by atoms with E-state index < -0.39 is 23.8 Å². The molecule has 0 fully saturated rings. The SMILES string of the molecule is CCCCCC(=O)CC(=O)N[C@H](C(=O)O)[C@@H](C)CO. The molecule has 0 bridgehead atoms. The Morgan fingerprint density at radius 3 is 2.32 bits per heavy atom. The smallest absolute Gasteiger partial charge is 0.326 e. The van der Waals surface area contributed by atoms with E-state index >= 15 is 0 Å². The van der Waals surface area contributed by atoms with Gasteiger partial charge in [0, 0.05) is 18.9 Å². The summed E-state index contributed by atoms with van der Waals surface area (Å²) in [6.07, 6.45) is 2.72. The second-order valence-electron chi connectivity index (χ2n) is 4.72. The molecule has 6 heteroatoms. The Kier molecular flexibility index (Phi) is 8.78. The zero-order valence-corrected chi connectivity index (χ0v) is 11.5. The van der Waals surface area contributed by atoms with E-state index in [2.05, 4.69) is 5.32 Å². The third-order valence-electron chi connectivity index (χ3n) is 2.86. The van der Waals surface area contributed by atoms with Crippen LogP contribution in [-0.2, 0) is 14.4 Å². The Bertz CT molecular complexity index is 316. The summed E-state index contributed by atoms with van der Waals surface area (Å²) in [5, 5.41) is 20.1. The number of aliphatic hydroxyl groups is 1. The lowest BCUT2D eigenvalue weighted by molar-refractivity contribution is -0.144. The molecule has 3 N–H and O–H groups in total. The molecule has 0 unspecified atom stereocenters. The van der Waals surface area contributed by atoms with E-state index in [1.54, 1.807) is 0 Å². The summed E-state index contributed by atoms with van der Waals surface area (Å²) in [7, 11) is 0. The molecule has 0 aromatic rings. The Hall–Kier alpha value is -1.43. The molecule has 0 rings (SSSR count). The summed E-state index contributed by atoms with van der Waals surface area (Å²) < 4.78 is 0. The van der Waals surface area contributed by atoms with Gasteiger partial charge in [-0.25, -0.2) is 4.79 Å². The van der Waals surface area contributed by atoms with Gasteiger partial charge in [-0.05, 0) is 6.42 Å². The van der Waals surface area contributed by atoms with Crippen molar-refractivity contribution >= 4 is 17.7 Å². The van der Waals surface area contributed by atoms with Gasteiger partial charge in [-0.1, -0.05) is 26.7 Å². The van der Waals surface area contributed by atoms with Crippen LogP contribution in [0, 0.1) is 5.92 Å². The van der Waals surface area contributed by atoms with Crippen LogP contribution in [0.3, 0.4) is 0 Å². The van der Waals surface area contributed by atoms with Crippen LogP contribution in [0.5, 0.6) is 0 Å². The number of carboxylic acid groups (broad SMARTS) is 1. The summed E-state index contributed by atoms with van der Waals surface area (Å²) in [6, 6.07) is -1.17. The number of aliphatic hydroxyl groups excluding tert-OH is 1. The fourth-order valence-electron chi connectivity index (χ4n) is 1.62. The predicted molar refractivity (Wildman–Crippen MR) is 69.6 cm³/mol. The lowest BCUT2D eigenvalue weighted by Crippen LogP contribution is -2.46. The lowest BCUT2D eigenvalue weighted by atomic mass is 10.0. The maximum Gasteiger partial charge on any atom is 0.326 e. The third kappa shape index (κ3) is 7.56. The number of hydrogen-bond acceptors (Lipinski definition) is 4. The molecule has 0 aliphatic carbocycles. The molecule has 0 heterocycles. The van der Waals surface area contributed by atoms with Gasteiger partial charge in [0.1, 0.15) is 11.8 Å². The lowest BCUT2D eigenvalue weighted by Gasteiger charge is -2.19. The number of carbonyl (C=O) groups excluding carboxylic acids is 2. The predicted octanol–water partition coefficient (Wildman–Crippen LogP) is 0.724. The van der Waals surface area contributed by atoms with Crippen molar-refractivity contribution in [2.75, 3.05) is 6.61 Å². The van der Waals surface area contributed by atoms with E-state index in [1.807, 2.05) is 6.92 Å². The van der Waals surface area contributed by atoms with Crippen LogP contribution in [-0.4, -0.2) is 40.5 Å². The molecular weight excluding hydrogens is 250 g/mol. The number of hydrogen-bond donors (Lipinski definition) is 3. The van der Waals surface area contributed by atoms with Crippen LogP contribution in [0.4, 0.5) is 0 Å². The standard InChI is InChI=1S/C13H23NO5/c1-3-4-5-6-10(16)7-11(17)14-12(13(18)19)9(2)8-15/h9,12,15H,3-8H2,1-2H3,(H,14,17)(H,18,19)/t9-,12-/m0/s1. The summed E-state index contributed by atoms with van der Waals surface area (Å²) in [5.41, 5.74) is 0. The van der Waals surface area contributed by atoms with Gasteiger partial charge in [-0.15, -0.1) is 0 Å². The van der Waals surface area contributed by atoms with Gasteiger partial charge in [-0.2, -0.15) is 0 Å². The Balaban J connectivity index is 4.19. The molecule has 0 aliphatic heterocycles. The van der Waals surface area contributed by atoms with Crippen molar-refractivity contribution in [1.29, 1.82) is 0 Å². The number of rotatable bonds is 10. The number of carboxylic acids is 1. The Labute approximate surface area is 113 Å². The second kappa shape index (κ2) is 9.49. The highest BCUT2D eigenvalue weighted by Crippen LogP contribution is 2.05. The minimum atomic E-state index is -1.21. The van der Waals surface area contributed by atoms with Crippen molar-refractivity contribution in [1.82, 2.24) is 5.32 Å². The Morgan fingerprint density at radius 2 is 1.84 bits per heavy atom. The second-order valence-corrected chi connectivity index (χ2v) is 4.72. The molecule has 0 aromatic heterocycles. The van der Waals surface area contributed by atoms with Crippen molar-refractivity contribution < 1.29 is 24.6 Å². The van der Waals surface area contributed by atoms with Crippen LogP contribution in [0.25, 0.3) is 0 Å². The van der Waals surface area contributed by atoms with Gasteiger partial charge >= 0.3 is 5.97 Å². The molecule has 19 heavy (non-hydrogen) atoms. The van der Waals surface area contributed by atoms with E-state index in [-0.39, 0.29) is 18.8 Å². The van der Waals surface area contributed by atoms with Gasteiger partial charge in [-0.3, -0.25) is 9.59 Å². The third-order valence-corrected chi connectivity index (χ3v) is 2.86. The number of ketones is 1. The van der Waals surface area contributed by atoms with Crippen molar-refractivity contribution in [2.45, 2.75) is 52.0 Å². The molecule has 2 atom stereocenters. The molecule has 0 aliphatic rings. The number of carbonyl (C=O) groups is 3. The highest BCUT2D eigenvalue weighted by Gasteiger charge is 2.26. The first-order valence-electron chi connectivity index (χ1n) is 6.57. The number of aliphatic carboxylic acids is 1. The van der Waals surface area contributed by atoms with Crippen LogP contribution < -0.4 is 5.32 Å². The maximum absolute atomic E-state index is 11.5. The molecule has 0 spiro atoms. The van der Waals surface area contributed by atoms with Gasteiger partial charge in [0.05, 0.1) is 6.42 Å². The minimum Gasteiger partial charge on any atom is -0.480 e. The maximum atomic E-state index is 11.5. The quantitative estimate of drug-likeness (QED) is 0.402. The van der Waals surface area contributed by atoms with Crippen LogP contribution in [0.15, 0.2) is 0 Å². The van der Waals surface area contributed by atoms with Crippen LogP contribution in [0.2, 0.25) is 0 Å².